The summed E-state index contributed by atoms with van der Waals surface area (Å²) in [5, 5.41) is 0. The van der Waals surface area contributed by atoms with E-state index in [9.17, 15) is 18.4 Å². The highest BCUT2D eigenvalue weighted by Crippen LogP contribution is 2.47. The first-order chi connectivity index (χ1) is 11.0. The van der Waals surface area contributed by atoms with E-state index >= 15 is 0 Å². The standard InChI is InChI=1S/C17H25F2N3O2/c1-12-13(16(2,3)6-7-17(12,18)19)4-5-14(23)21-8-10-22(11-9-21)15(20)24/h4-5H,6-11H2,1-3H3,(H2,20,24). The fraction of sp³-hybridized carbons (Fsp3) is 0.647. The lowest BCUT2D eigenvalue weighted by atomic mass is 9.71. The Balaban J connectivity index is 2.09. The third kappa shape index (κ3) is 3.76. The molecule has 0 atom stereocenters. The van der Waals surface area contributed by atoms with E-state index in [0.717, 1.165) is 0 Å². The van der Waals surface area contributed by atoms with Crippen LogP contribution < -0.4 is 5.73 Å². The Morgan fingerprint density at radius 3 is 2.17 bits per heavy atom. The van der Waals surface area contributed by atoms with Gasteiger partial charge in [-0.25, -0.2) is 13.6 Å². The van der Waals surface area contributed by atoms with Gasteiger partial charge in [-0.1, -0.05) is 19.9 Å². The highest BCUT2D eigenvalue weighted by atomic mass is 19.3. The maximum Gasteiger partial charge on any atom is 0.314 e. The normalized spacial score (nSPS) is 23.7. The lowest BCUT2D eigenvalue weighted by Gasteiger charge is -2.37. The number of carbonyl (C=O) groups excluding carboxylic acids is 2. The molecule has 0 aromatic rings. The molecule has 1 aliphatic carbocycles. The summed E-state index contributed by atoms with van der Waals surface area (Å²) in [4.78, 5) is 26.5. The van der Waals surface area contributed by atoms with Crippen LogP contribution in [0.4, 0.5) is 13.6 Å². The highest BCUT2D eigenvalue weighted by Gasteiger charge is 2.42. The molecule has 7 heteroatoms. The molecule has 1 heterocycles. The van der Waals surface area contributed by atoms with Gasteiger partial charge in [0.2, 0.25) is 5.91 Å². The van der Waals surface area contributed by atoms with Gasteiger partial charge in [0.1, 0.15) is 0 Å². The third-order valence-electron chi connectivity index (χ3n) is 5.04. The number of hydrogen-bond donors (Lipinski definition) is 1. The molecule has 2 N–H and O–H groups in total. The second kappa shape index (κ2) is 6.53. The van der Waals surface area contributed by atoms with E-state index in [-0.39, 0.29) is 23.3 Å². The SMILES string of the molecule is CC1=C(C=CC(=O)N2CCN(C(N)=O)CC2)C(C)(C)CCC1(F)F. The van der Waals surface area contributed by atoms with Gasteiger partial charge in [0, 0.05) is 38.7 Å². The molecule has 0 unspecified atom stereocenters. The fourth-order valence-electron chi connectivity index (χ4n) is 3.25. The molecule has 1 aliphatic heterocycles. The summed E-state index contributed by atoms with van der Waals surface area (Å²) in [7, 11) is 0. The monoisotopic (exact) mass is 341 g/mol. The average molecular weight is 341 g/mol. The number of urea groups is 1. The zero-order valence-electron chi connectivity index (χ0n) is 14.4. The molecule has 1 fully saturated rings. The lowest BCUT2D eigenvalue weighted by Crippen LogP contribution is -2.51. The number of primary amides is 1. The van der Waals surface area contributed by atoms with Crippen molar-refractivity contribution in [1.82, 2.24) is 9.80 Å². The number of nitrogens with two attached hydrogens (primary N) is 1. The molecule has 134 valence electrons. The number of hydrogen-bond acceptors (Lipinski definition) is 2. The van der Waals surface area contributed by atoms with Crippen molar-refractivity contribution in [3.63, 3.8) is 0 Å². The van der Waals surface area contributed by atoms with Crippen molar-refractivity contribution in [2.24, 2.45) is 11.1 Å². The number of carbonyl (C=O) groups is 2. The van der Waals surface area contributed by atoms with Crippen molar-refractivity contribution >= 4 is 11.9 Å². The number of halogens is 2. The van der Waals surface area contributed by atoms with Crippen LogP contribution in [0.3, 0.4) is 0 Å². The molecule has 2 aliphatic rings. The van der Waals surface area contributed by atoms with Crippen molar-refractivity contribution in [2.45, 2.75) is 39.5 Å². The van der Waals surface area contributed by atoms with Crippen molar-refractivity contribution in [3.05, 3.63) is 23.3 Å². The summed E-state index contributed by atoms with van der Waals surface area (Å²) in [5.74, 6) is -3.05. The van der Waals surface area contributed by atoms with Gasteiger partial charge in [0.25, 0.3) is 5.92 Å². The van der Waals surface area contributed by atoms with E-state index in [1.807, 2.05) is 13.8 Å². The van der Waals surface area contributed by atoms with Gasteiger partial charge in [-0.3, -0.25) is 4.79 Å². The zero-order chi connectivity index (χ0) is 18.1. The Labute approximate surface area is 141 Å². The van der Waals surface area contributed by atoms with Gasteiger partial charge in [-0.05, 0) is 29.9 Å². The number of alkyl halides is 2. The maximum absolute atomic E-state index is 14.0. The minimum Gasteiger partial charge on any atom is -0.351 e. The van der Waals surface area contributed by atoms with E-state index in [4.69, 9.17) is 5.73 Å². The minimum absolute atomic E-state index is 0.0429. The lowest BCUT2D eigenvalue weighted by molar-refractivity contribution is -0.127. The van der Waals surface area contributed by atoms with E-state index in [1.54, 1.807) is 4.90 Å². The number of piperazine rings is 1. The van der Waals surface area contributed by atoms with Gasteiger partial charge in [-0.2, -0.15) is 0 Å². The summed E-state index contributed by atoms with van der Waals surface area (Å²) in [6, 6.07) is -0.496. The zero-order valence-corrected chi connectivity index (χ0v) is 14.4. The van der Waals surface area contributed by atoms with Crippen LogP contribution in [-0.2, 0) is 4.79 Å². The number of allylic oxidation sites excluding steroid dienone is 3. The quantitative estimate of drug-likeness (QED) is 0.784. The molecule has 24 heavy (non-hydrogen) atoms. The summed E-state index contributed by atoms with van der Waals surface area (Å²) in [6.45, 7) is 6.84. The van der Waals surface area contributed by atoms with Crippen molar-refractivity contribution in [1.29, 1.82) is 0 Å². The molecule has 0 bridgehead atoms. The maximum atomic E-state index is 14.0. The molecule has 0 spiro atoms. The van der Waals surface area contributed by atoms with Gasteiger partial charge >= 0.3 is 6.03 Å². The number of rotatable bonds is 2. The molecule has 0 aromatic carbocycles. The van der Waals surface area contributed by atoms with E-state index in [1.165, 1.54) is 24.0 Å². The summed E-state index contributed by atoms with van der Waals surface area (Å²) in [5.41, 5.74) is 5.40. The number of nitrogens with zero attached hydrogens (tertiary/aromatic N) is 2. The topological polar surface area (TPSA) is 66.6 Å². The Morgan fingerprint density at radius 1 is 1.08 bits per heavy atom. The van der Waals surface area contributed by atoms with Crippen molar-refractivity contribution < 1.29 is 18.4 Å². The summed E-state index contributed by atoms with van der Waals surface area (Å²) >= 11 is 0. The Hall–Kier alpha value is -1.92. The van der Waals surface area contributed by atoms with Crippen molar-refractivity contribution in [2.75, 3.05) is 26.2 Å². The van der Waals surface area contributed by atoms with Crippen LogP contribution in [0.25, 0.3) is 0 Å². The predicted molar refractivity (Wildman–Crippen MR) is 87.5 cm³/mol. The largest absolute Gasteiger partial charge is 0.351 e. The second-order valence-corrected chi connectivity index (χ2v) is 7.11. The van der Waals surface area contributed by atoms with Gasteiger partial charge in [0.05, 0.1) is 0 Å². The third-order valence-corrected chi connectivity index (χ3v) is 5.04. The van der Waals surface area contributed by atoms with Crippen molar-refractivity contribution in [3.8, 4) is 0 Å². The predicted octanol–water partition coefficient (Wildman–Crippen LogP) is 2.54. The Bertz CT molecular complexity index is 589. The smallest absolute Gasteiger partial charge is 0.314 e. The molecule has 3 amide bonds. The van der Waals surface area contributed by atoms with E-state index < -0.39 is 12.0 Å². The first-order valence-corrected chi connectivity index (χ1v) is 8.15. The van der Waals surface area contributed by atoms with Crippen LogP contribution in [0.1, 0.15) is 33.6 Å². The van der Waals surface area contributed by atoms with Gasteiger partial charge in [0.15, 0.2) is 0 Å². The van der Waals surface area contributed by atoms with Crippen LogP contribution in [0.2, 0.25) is 0 Å². The fourth-order valence-corrected chi connectivity index (χ4v) is 3.25. The molecule has 1 saturated heterocycles. The van der Waals surface area contributed by atoms with Crippen LogP contribution in [0.5, 0.6) is 0 Å². The van der Waals surface area contributed by atoms with E-state index in [0.29, 0.717) is 38.2 Å². The highest BCUT2D eigenvalue weighted by molar-refractivity contribution is 5.88. The summed E-state index contributed by atoms with van der Waals surface area (Å²) < 4.78 is 27.9. The molecule has 2 rings (SSSR count). The molecule has 5 nitrogen and oxygen atoms in total. The molecule has 0 saturated carbocycles. The van der Waals surface area contributed by atoms with Crippen LogP contribution in [-0.4, -0.2) is 53.8 Å². The van der Waals surface area contributed by atoms with Gasteiger partial charge < -0.3 is 15.5 Å². The Kier molecular flexibility index (Phi) is 5.01. The van der Waals surface area contributed by atoms with Crippen LogP contribution >= 0.6 is 0 Å². The summed E-state index contributed by atoms with van der Waals surface area (Å²) in [6.07, 6.45) is 3.11. The van der Waals surface area contributed by atoms with Crippen LogP contribution in [0, 0.1) is 5.41 Å². The first kappa shape index (κ1) is 18.4. The minimum atomic E-state index is -2.81. The molecular weight excluding hydrogens is 316 g/mol. The first-order valence-electron chi connectivity index (χ1n) is 8.15. The second-order valence-electron chi connectivity index (χ2n) is 7.11. The van der Waals surface area contributed by atoms with Crippen LogP contribution in [0.15, 0.2) is 23.3 Å². The molecule has 0 aromatic heterocycles. The number of amides is 3. The molecular formula is C17H25F2N3O2. The van der Waals surface area contributed by atoms with Gasteiger partial charge in [-0.15, -0.1) is 0 Å². The average Bonchev–Trinajstić information content (AvgIpc) is 2.51. The Morgan fingerprint density at radius 2 is 1.62 bits per heavy atom. The molecule has 0 radical (unpaired) electrons. The van der Waals surface area contributed by atoms with E-state index in [2.05, 4.69) is 0 Å².